The molecule has 1 aromatic heterocycles. The summed E-state index contributed by atoms with van der Waals surface area (Å²) in [5.74, 6) is 0.676. The first-order valence-corrected chi connectivity index (χ1v) is 8.30. The van der Waals surface area contributed by atoms with Gasteiger partial charge in [-0.2, -0.15) is 0 Å². The van der Waals surface area contributed by atoms with Gasteiger partial charge in [0.1, 0.15) is 18.0 Å². The molecule has 0 aliphatic carbocycles. The van der Waals surface area contributed by atoms with Crippen molar-refractivity contribution in [3.8, 4) is 5.75 Å². The minimum Gasteiger partial charge on any atom is -0.489 e. The zero-order valence-corrected chi connectivity index (χ0v) is 14.2. The monoisotopic (exact) mass is 349 g/mol. The first-order valence-electron chi connectivity index (χ1n) is 8.30. The molecule has 0 atom stereocenters. The molecule has 132 valence electrons. The van der Waals surface area contributed by atoms with E-state index in [2.05, 4.69) is 4.98 Å². The van der Waals surface area contributed by atoms with Gasteiger partial charge in [0.05, 0.1) is 6.54 Å². The van der Waals surface area contributed by atoms with Gasteiger partial charge in [-0.25, -0.2) is 10.1 Å². The van der Waals surface area contributed by atoms with Gasteiger partial charge in [0.2, 0.25) is 0 Å². The van der Waals surface area contributed by atoms with Crippen LogP contribution in [0.15, 0.2) is 79.1 Å². The normalized spacial score (nSPS) is 10.3. The third-order valence-electron chi connectivity index (χ3n) is 3.94. The highest BCUT2D eigenvalue weighted by Gasteiger charge is 2.17. The molecule has 2 aromatic carbocycles. The lowest BCUT2D eigenvalue weighted by Crippen LogP contribution is -2.31. The summed E-state index contributed by atoms with van der Waals surface area (Å²) in [7, 11) is 0. The smallest absolute Gasteiger partial charge is 0.165 e. The topological polar surface area (TPSA) is 68.5 Å². The van der Waals surface area contributed by atoms with Gasteiger partial charge in [0, 0.05) is 12.4 Å². The summed E-state index contributed by atoms with van der Waals surface area (Å²) in [5, 5.41) is 12.2. The number of nitrogens with zero attached hydrogens (tertiary/aromatic N) is 3. The lowest BCUT2D eigenvalue weighted by Gasteiger charge is -2.15. The van der Waals surface area contributed by atoms with E-state index in [0.717, 1.165) is 16.1 Å². The van der Waals surface area contributed by atoms with Gasteiger partial charge < -0.3 is 4.74 Å². The van der Waals surface area contributed by atoms with E-state index in [1.807, 2.05) is 42.5 Å². The number of ether oxygens (including phenoxy) is 1. The SMILES string of the molecule is O=[N+]([O-])N(CCc1ccncc1)c1ccc(OCc2ccccc2)cc1. The third-order valence-corrected chi connectivity index (χ3v) is 3.94. The number of nitro groups is 1. The summed E-state index contributed by atoms with van der Waals surface area (Å²) >= 11 is 0. The second-order valence-corrected chi connectivity index (χ2v) is 5.73. The molecule has 6 heteroatoms. The molecule has 0 fully saturated rings. The number of pyridine rings is 1. The minimum atomic E-state index is -0.388. The fourth-order valence-corrected chi connectivity index (χ4v) is 2.54. The van der Waals surface area contributed by atoms with E-state index in [1.165, 1.54) is 0 Å². The first kappa shape index (κ1) is 17.4. The molecule has 0 spiro atoms. The lowest BCUT2D eigenvalue weighted by atomic mass is 10.2. The van der Waals surface area contributed by atoms with Crippen molar-refractivity contribution in [3.05, 3.63) is 100 Å². The van der Waals surface area contributed by atoms with Gasteiger partial charge >= 0.3 is 0 Å². The molecule has 0 aliphatic rings. The molecule has 0 saturated carbocycles. The van der Waals surface area contributed by atoms with E-state index < -0.39 is 0 Å². The Bertz CT molecular complexity index is 824. The standard InChI is InChI=1S/C20H19N3O3/c24-23(25)22(15-12-17-10-13-21-14-11-17)19-6-8-20(9-7-19)26-16-18-4-2-1-3-5-18/h1-11,13-14H,12,15-16H2. The summed E-state index contributed by atoms with van der Waals surface area (Å²) in [6, 6.07) is 20.5. The van der Waals surface area contributed by atoms with Gasteiger partial charge in [-0.3, -0.25) is 4.98 Å². The summed E-state index contributed by atoms with van der Waals surface area (Å²) in [6.45, 7) is 0.739. The Labute approximate surface area is 151 Å². The van der Waals surface area contributed by atoms with Gasteiger partial charge in [0.15, 0.2) is 5.03 Å². The maximum Gasteiger partial charge on any atom is 0.165 e. The summed E-state index contributed by atoms with van der Waals surface area (Å²) in [5.41, 5.74) is 2.60. The zero-order chi connectivity index (χ0) is 18.2. The van der Waals surface area contributed by atoms with Crippen LogP contribution in [0.1, 0.15) is 11.1 Å². The Morgan fingerprint density at radius 3 is 2.27 bits per heavy atom. The van der Waals surface area contributed by atoms with Crippen molar-refractivity contribution in [2.75, 3.05) is 11.6 Å². The second kappa shape index (κ2) is 8.62. The van der Waals surface area contributed by atoms with Gasteiger partial charge in [0.25, 0.3) is 0 Å². The fraction of sp³-hybridized carbons (Fsp3) is 0.150. The number of aromatic nitrogens is 1. The van der Waals surface area contributed by atoms with Crippen LogP contribution in [0.4, 0.5) is 5.69 Å². The highest BCUT2D eigenvalue weighted by Crippen LogP contribution is 2.21. The van der Waals surface area contributed by atoms with Crippen LogP contribution in [-0.2, 0) is 13.0 Å². The van der Waals surface area contributed by atoms with E-state index in [9.17, 15) is 10.1 Å². The summed E-state index contributed by atoms with van der Waals surface area (Å²) in [4.78, 5) is 15.4. The van der Waals surface area contributed by atoms with Crippen molar-refractivity contribution in [1.82, 2.24) is 4.98 Å². The predicted octanol–water partition coefficient (Wildman–Crippen LogP) is 3.90. The van der Waals surface area contributed by atoms with Crippen LogP contribution in [0.5, 0.6) is 5.75 Å². The van der Waals surface area contributed by atoms with Crippen molar-refractivity contribution in [1.29, 1.82) is 0 Å². The highest BCUT2D eigenvalue weighted by atomic mass is 16.7. The molecule has 0 bridgehead atoms. The predicted molar refractivity (Wildman–Crippen MR) is 99.5 cm³/mol. The number of hydrogen-bond donors (Lipinski definition) is 0. The molecule has 0 radical (unpaired) electrons. The molecule has 0 N–H and O–H groups in total. The van der Waals surface area contributed by atoms with Crippen LogP contribution in [0, 0.1) is 10.1 Å². The van der Waals surface area contributed by atoms with Crippen LogP contribution in [0.25, 0.3) is 0 Å². The summed E-state index contributed by atoms with van der Waals surface area (Å²) in [6.07, 6.45) is 3.94. The van der Waals surface area contributed by atoms with E-state index >= 15 is 0 Å². The van der Waals surface area contributed by atoms with Crippen LogP contribution >= 0.6 is 0 Å². The molecule has 0 unspecified atom stereocenters. The van der Waals surface area contributed by atoms with Crippen LogP contribution < -0.4 is 9.75 Å². The molecule has 26 heavy (non-hydrogen) atoms. The van der Waals surface area contributed by atoms with Gasteiger partial charge in [-0.15, -0.1) is 0 Å². The number of benzene rings is 2. The average molecular weight is 349 g/mol. The van der Waals surface area contributed by atoms with Gasteiger partial charge in [-0.05, 0) is 53.9 Å². The van der Waals surface area contributed by atoms with Crippen LogP contribution in [0.2, 0.25) is 0 Å². The molecule has 0 amide bonds. The molecule has 6 nitrogen and oxygen atoms in total. The Morgan fingerprint density at radius 2 is 1.62 bits per heavy atom. The van der Waals surface area contributed by atoms with Crippen molar-refractivity contribution in [2.45, 2.75) is 13.0 Å². The Kier molecular flexibility index (Phi) is 5.77. The largest absolute Gasteiger partial charge is 0.489 e. The van der Waals surface area contributed by atoms with E-state index in [4.69, 9.17) is 4.74 Å². The second-order valence-electron chi connectivity index (χ2n) is 5.73. The van der Waals surface area contributed by atoms with Crippen LogP contribution in [-0.4, -0.2) is 16.6 Å². The van der Waals surface area contributed by atoms with E-state index in [1.54, 1.807) is 36.7 Å². The Hall–Kier alpha value is -3.41. The molecule has 3 rings (SSSR count). The van der Waals surface area contributed by atoms with E-state index in [0.29, 0.717) is 24.5 Å². The maximum atomic E-state index is 11.4. The quantitative estimate of drug-likeness (QED) is 0.456. The molecular formula is C20H19N3O3. The zero-order valence-electron chi connectivity index (χ0n) is 14.2. The minimum absolute atomic E-state index is 0.279. The van der Waals surface area contributed by atoms with Crippen molar-refractivity contribution < 1.29 is 9.77 Å². The molecule has 0 saturated heterocycles. The first-order chi connectivity index (χ1) is 12.7. The van der Waals surface area contributed by atoms with Crippen molar-refractivity contribution >= 4 is 5.69 Å². The Morgan fingerprint density at radius 1 is 0.923 bits per heavy atom. The molecule has 1 heterocycles. The molecule has 0 aliphatic heterocycles. The number of hydrogen-bond acceptors (Lipinski definition) is 4. The molecular weight excluding hydrogens is 330 g/mol. The fourth-order valence-electron chi connectivity index (χ4n) is 2.54. The lowest BCUT2D eigenvalue weighted by molar-refractivity contribution is -0.494. The van der Waals surface area contributed by atoms with Crippen molar-refractivity contribution in [2.24, 2.45) is 0 Å². The third kappa shape index (κ3) is 4.80. The Balaban J connectivity index is 1.61. The number of anilines is 1. The maximum absolute atomic E-state index is 11.4. The summed E-state index contributed by atoms with van der Waals surface area (Å²) < 4.78 is 5.72. The van der Waals surface area contributed by atoms with E-state index in [-0.39, 0.29) is 11.6 Å². The average Bonchev–Trinajstić information content (AvgIpc) is 2.69. The van der Waals surface area contributed by atoms with Crippen molar-refractivity contribution in [3.63, 3.8) is 0 Å². The highest BCUT2D eigenvalue weighted by molar-refractivity contribution is 5.47. The molecule has 3 aromatic rings. The number of hydrazine groups is 1. The van der Waals surface area contributed by atoms with Crippen LogP contribution in [0.3, 0.4) is 0 Å². The number of rotatable bonds is 8. The van der Waals surface area contributed by atoms with Gasteiger partial charge in [-0.1, -0.05) is 35.3 Å².